The van der Waals surface area contributed by atoms with Crippen molar-refractivity contribution in [3.05, 3.63) is 54.7 Å². The van der Waals surface area contributed by atoms with Crippen molar-refractivity contribution in [1.29, 1.82) is 0 Å². The van der Waals surface area contributed by atoms with Gasteiger partial charge < -0.3 is 10.2 Å². The zero-order valence-corrected chi connectivity index (χ0v) is 15.9. The largest absolute Gasteiger partial charge is 0.355 e. The third-order valence-corrected chi connectivity index (χ3v) is 6.25. The van der Waals surface area contributed by atoms with Crippen LogP contribution in [0.2, 0.25) is 0 Å². The van der Waals surface area contributed by atoms with Crippen LogP contribution >= 0.6 is 0 Å². The first-order valence-electron chi connectivity index (χ1n) is 8.66. The number of carbonyl (C=O) groups is 1. The van der Waals surface area contributed by atoms with E-state index in [4.69, 9.17) is 0 Å². The van der Waals surface area contributed by atoms with E-state index in [1.165, 1.54) is 0 Å². The first kappa shape index (κ1) is 19.0. The van der Waals surface area contributed by atoms with Crippen LogP contribution < -0.4 is 10.2 Å². The van der Waals surface area contributed by atoms with E-state index < -0.39 is 9.84 Å². The number of carbonyl (C=O) groups excluding carboxylic acids is 1. The van der Waals surface area contributed by atoms with Crippen LogP contribution in [-0.2, 0) is 9.84 Å². The SMILES string of the molecule is C=CCNC(=O)c1cc(N(C)C2CCS(=O)(=O)C2)nc(-c2ccccc2)n1. The Morgan fingerprint density at radius 2 is 2.07 bits per heavy atom. The molecule has 1 atom stereocenters. The maximum atomic E-state index is 12.4. The fourth-order valence-electron chi connectivity index (χ4n) is 2.97. The summed E-state index contributed by atoms with van der Waals surface area (Å²) >= 11 is 0. The quantitative estimate of drug-likeness (QED) is 0.760. The predicted octanol–water partition coefficient (Wildman–Crippen LogP) is 1.68. The van der Waals surface area contributed by atoms with Gasteiger partial charge in [0.2, 0.25) is 0 Å². The van der Waals surface area contributed by atoms with Crippen molar-refractivity contribution >= 4 is 21.6 Å². The van der Waals surface area contributed by atoms with Crippen molar-refractivity contribution in [2.45, 2.75) is 12.5 Å². The Hall–Kier alpha value is -2.74. The highest BCUT2D eigenvalue weighted by molar-refractivity contribution is 7.91. The van der Waals surface area contributed by atoms with Gasteiger partial charge in [0.25, 0.3) is 5.91 Å². The molecule has 3 rings (SSSR count). The lowest BCUT2D eigenvalue weighted by Gasteiger charge is -2.25. The number of sulfone groups is 1. The van der Waals surface area contributed by atoms with Crippen molar-refractivity contribution in [2.75, 3.05) is 30.0 Å². The summed E-state index contributed by atoms with van der Waals surface area (Å²) < 4.78 is 23.7. The summed E-state index contributed by atoms with van der Waals surface area (Å²) in [5.41, 5.74) is 1.01. The molecule has 1 aliphatic heterocycles. The number of aromatic nitrogens is 2. The predicted molar refractivity (Wildman–Crippen MR) is 105 cm³/mol. The van der Waals surface area contributed by atoms with Crippen molar-refractivity contribution in [3.63, 3.8) is 0 Å². The molecule has 1 aliphatic rings. The minimum absolute atomic E-state index is 0.0895. The summed E-state index contributed by atoms with van der Waals surface area (Å²) in [7, 11) is -1.23. The van der Waals surface area contributed by atoms with Crippen LogP contribution in [0.5, 0.6) is 0 Å². The van der Waals surface area contributed by atoms with Gasteiger partial charge in [-0.2, -0.15) is 0 Å². The van der Waals surface area contributed by atoms with Crippen molar-refractivity contribution in [2.24, 2.45) is 0 Å². The molecule has 2 aromatic rings. The molecule has 0 spiro atoms. The molecule has 0 radical (unpaired) electrons. The number of rotatable bonds is 6. The molecule has 7 nitrogen and oxygen atoms in total. The van der Waals surface area contributed by atoms with E-state index in [0.717, 1.165) is 5.56 Å². The fraction of sp³-hybridized carbons (Fsp3) is 0.316. The fourth-order valence-corrected chi connectivity index (χ4v) is 4.75. The maximum absolute atomic E-state index is 12.4. The summed E-state index contributed by atoms with van der Waals surface area (Å²) in [6.45, 7) is 3.92. The molecule has 0 saturated carbocycles. The van der Waals surface area contributed by atoms with Crippen molar-refractivity contribution < 1.29 is 13.2 Å². The number of nitrogens with one attached hydrogen (secondary N) is 1. The van der Waals surface area contributed by atoms with Gasteiger partial charge in [0, 0.05) is 31.3 Å². The van der Waals surface area contributed by atoms with Crippen LogP contribution in [0.4, 0.5) is 5.82 Å². The van der Waals surface area contributed by atoms with Gasteiger partial charge in [0.05, 0.1) is 11.5 Å². The number of anilines is 1. The molecule has 2 heterocycles. The second kappa shape index (κ2) is 7.87. The average molecular weight is 386 g/mol. The van der Waals surface area contributed by atoms with Gasteiger partial charge in [-0.05, 0) is 6.42 Å². The lowest BCUT2D eigenvalue weighted by Crippen LogP contribution is -2.34. The number of nitrogens with zero attached hydrogens (tertiary/aromatic N) is 3. The smallest absolute Gasteiger partial charge is 0.270 e. The molecule has 1 aromatic carbocycles. The van der Waals surface area contributed by atoms with Crippen LogP contribution in [0.1, 0.15) is 16.9 Å². The van der Waals surface area contributed by atoms with Crippen LogP contribution in [0.3, 0.4) is 0 Å². The highest BCUT2D eigenvalue weighted by Gasteiger charge is 2.31. The first-order valence-corrected chi connectivity index (χ1v) is 10.5. The molecule has 8 heteroatoms. The molecule has 1 saturated heterocycles. The zero-order chi connectivity index (χ0) is 19.4. The Morgan fingerprint density at radius 3 is 2.70 bits per heavy atom. The highest BCUT2D eigenvalue weighted by atomic mass is 32.2. The van der Waals surface area contributed by atoms with E-state index in [1.54, 1.807) is 19.2 Å². The molecule has 0 aliphatic carbocycles. The van der Waals surface area contributed by atoms with E-state index in [1.807, 2.05) is 35.2 Å². The molecule has 1 N–H and O–H groups in total. The van der Waals surface area contributed by atoms with Crippen LogP contribution in [0, 0.1) is 0 Å². The highest BCUT2D eigenvalue weighted by Crippen LogP contribution is 2.24. The van der Waals surface area contributed by atoms with E-state index >= 15 is 0 Å². The molecule has 0 bridgehead atoms. The summed E-state index contributed by atoms with van der Waals surface area (Å²) in [5.74, 6) is 0.875. The summed E-state index contributed by atoms with van der Waals surface area (Å²) in [4.78, 5) is 23.2. The lowest BCUT2D eigenvalue weighted by atomic mass is 10.2. The van der Waals surface area contributed by atoms with E-state index in [9.17, 15) is 13.2 Å². The second-order valence-electron chi connectivity index (χ2n) is 6.47. The monoisotopic (exact) mass is 386 g/mol. The van der Waals surface area contributed by atoms with Gasteiger partial charge in [0.15, 0.2) is 15.7 Å². The van der Waals surface area contributed by atoms with Gasteiger partial charge in [-0.3, -0.25) is 4.79 Å². The lowest BCUT2D eigenvalue weighted by molar-refractivity contribution is 0.0953. The van der Waals surface area contributed by atoms with Gasteiger partial charge in [-0.25, -0.2) is 18.4 Å². The maximum Gasteiger partial charge on any atom is 0.270 e. The average Bonchev–Trinajstić information content (AvgIpc) is 3.05. The van der Waals surface area contributed by atoms with E-state index in [0.29, 0.717) is 24.6 Å². The Kier molecular flexibility index (Phi) is 5.55. The standard InChI is InChI=1S/C19H22N4O3S/c1-3-10-20-19(24)16-12-17(23(2)15-9-11-27(25,26)13-15)22-18(21-16)14-7-5-4-6-8-14/h3-8,12,15H,1,9-11,13H2,2H3,(H,20,24). The first-order chi connectivity index (χ1) is 12.9. The molecule has 1 amide bonds. The minimum atomic E-state index is -3.02. The van der Waals surface area contributed by atoms with Gasteiger partial charge in [0.1, 0.15) is 11.5 Å². The Labute approximate surface area is 159 Å². The van der Waals surface area contributed by atoms with Crippen molar-refractivity contribution in [1.82, 2.24) is 15.3 Å². The topological polar surface area (TPSA) is 92.3 Å². The van der Waals surface area contributed by atoms with E-state index in [-0.39, 0.29) is 29.1 Å². The Morgan fingerprint density at radius 1 is 1.33 bits per heavy atom. The summed E-state index contributed by atoms with van der Waals surface area (Å²) in [6, 6.07) is 10.8. The molecule has 27 heavy (non-hydrogen) atoms. The third kappa shape index (κ3) is 4.51. The molecule has 1 fully saturated rings. The van der Waals surface area contributed by atoms with Crippen molar-refractivity contribution in [3.8, 4) is 11.4 Å². The summed E-state index contributed by atoms with van der Waals surface area (Å²) in [5, 5.41) is 2.71. The van der Waals surface area contributed by atoms with E-state index in [2.05, 4.69) is 21.9 Å². The van der Waals surface area contributed by atoms with Crippen LogP contribution in [0.25, 0.3) is 11.4 Å². The molecular weight excluding hydrogens is 364 g/mol. The molecule has 1 aromatic heterocycles. The molecule has 1 unspecified atom stereocenters. The Bertz CT molecular complexity index is 945. The molecular formula is C19H22N4O3S. The number of benzene rings is 1. The minimum Gasteiger partial charge on any atom is -0.355 e. The number of hydrogen-bond acceptors (Lipinski definition) is 6. The van der Waals surface area contributed by atoms with Gasteiger partial charge in [-0.15, -0.1) is 6.58 Å². The van der Waals surface area contributed by atoms with Gasteiger partial charge in [-0.1, -0.05) is 36.4 Å². The Balaban J connectivity index is 1.99. The van der Waals surface area contributed by atoms with Crippen LogP contribution in [0.15, 0.2) is 49.1 Å². The second-order valence-corrected chi connectivity index (χ2v) is 8.70. The summed E-state index contributed by atoms with van der Waals surface area (Å²) in [6.07, 6.45) is 2.13. The molecule has 142 valence electrons. The van der Waals surface area contributed by atoms with Gasteiger partial charge >= 0.3 is 0 Å². The number of hydrogen-bond donors (Lipinski definition) is 1. The number of amides is 1. The van der Waals surface area contributed by atoms with Crippen LogP contribution in [-0.4, -0.2) is 55.4 Å². The zero-order valence-electron chi connectivity index (χ0n) is 15.1. The third-order valence-electron chi connectivity index (χ3n) is 4.50. The normalized spacial score (nSPS) is 18.0.